The molecule has 2 rings (SSSR count). The zero-order valence-electron chi connectivity index (χ0n) is 10.3. The average molecular weight is 245 g/mol. The first-order chi connectivity index (χ1) is 8.66. The van der Waals surface area contributed by atoms with Gasteiger partial charge in [-0.3, -0.25) is 0 Å². The molecule has 94 valence electrons. The molecule has 0 fully saturated rings. The lowest BCUT2D eigenvalue weighted by atomic mass is 10.1. The lowest BCUT2D eigenvalue weighted by Gasteiger charge is -2.09. The quantitative estimate of drug-likeness (QED) is 0.870. The van der Waals surface area contributed by atoms with Crippen molar-refractivity contribution in [1.82, 2.24) is 4.98 Å². The van der Waals surface area contributed by atoms with E-state index in [2.05, 4.69) is 10.3 Å². The number of nitrogen functional groups attached to an aromatic ring is 1. The number of benzene rings is 1. The van der Waals surface area contributed by atoms with E-state index in [-0.39, 0.29) is 5.82 Å². The van der Waals surface area contributed by atoms with Crippen LogP contribution in [-0.2, 0) is 6.42 Å². The fourth-order valence-electron chi connectivity index (χ4n) is 1.69. The number of nitrogens with one attached hydrogen (secondary N) is 1. The lowest BCUT2D eigenvalue weighted by molar-refractivity contribution is 0.627. The summed E-state index contributed by atoms with van der Waals surface area (Å²) in [5.41, 5.74) is 8.67. The molecule has 1 aromatic heterocycles. The molecule has 3 N–H and O–H groups in total. The van der Waals surface area contributed by atoms with Crippen molar-refractivity contribution in [3.05, 3.63) is 53.5 Å². The van der Waals surface area contributed by atoms with Crippen molar-refractivity contribution in [2.24, 2.45) is 0 Å². The van der Waals surface area contributed by atoms with Gasteiger partial charge in [-0.2, -0.15) is 0 Å². The maximum atomic E-state index is 12.7. The van der Waals surface area contributed by atoms with Crippen LogP contribution in [0, 0.1) is 12.7 Å². The van der Waals surface area contributed by atoms with Gasteiger partial charge in [0.05, 0.1) is 5.69 Å². The molecule has 18 heavy (non-hydrogen) atoms. The van der Waals surface area contributed by atoms with E-state index in [1.807, 2.05) is 13.0 Å². The zero-order chi connectivity index (χ0) is 13.0. The van der Waals surface area contributed by atoms with Crippen LogP contribution >= 0.6 is 0 Å². The molecule has 1 heterocycles. The molecule has 0 unspecified atom stereocenters. The molecule has 0 aliphatic rings. The van der Waals surface area contributed by atoms with Crippen molar-refractivity contribution in [3.63, 3.8) is 0 Å². The van der Waals surface area contributed by atoms with E-state index in [9.17, 15) is 4.39 Å². The Kier molecular flexibility index (Phi) is 3.77. The van der Waals surface area contributed by atoms with Crippen molar-refractivity contribution in [1.29, 1.82) is 0 Å². The van der Waals surface area contributed by atoms with Crippen LogP contribution in [0.5, 0.6) is 0 Å². The molecule has 0 radical (unpaired) electrons. The van der Waals surface area contributed by atoms with Crippen molar-refractivity contribution < 1.29 is 4.39 Å². The van der Waals surface area contributed by atoms with E-state index in [0.717, 1.165) is 17.5 Å². The first-order valence-electron chi connectivity index (χ1n) is 5.86. The molecule has 0 aliphatic heterocycles. The van der Waals surface area contributed by atoms with Gasteiger partial charge in [0, 0.05) is 12.7 Å². The number of aromatic nitrogens is 1. The van der Waals surface area contributed by atoms with E-state index in [1.165, 1.54) is 12.1 Å². The molecule has 0 spiro atoms. The molecule has 2 aromatic rings. The second-order valence-electron chi connectivity index (χ2n) is 4.19. The Morgan fingerprint density at radius 3 is 2.67 bits per heavy atom. The molecule has 0 bridgehead atoms. The highest BCUT2D eigenvalue weighted by Gasteiger charge is 2.02. The van der Waals surface area contributed by atoms with Gasteiger partial charge >= 0.3 is 0 Å². The standard InChI is InChI=1S/C14H16FN3/c1-10-6-8-17-14(13(10)16)18-9-7-11-2-4-12(15)5-3-11/h2-6,8H,7,9,16H2,1H3,(H,17,18). The highest BCUT2D eigenvalue weighted by molar-refractivity contribution is 5.64. The monoisotopic (exact) mass is 245 g/mol. The number of rotatable bonds is 4. The Morgan fingerprint density at radius 2 is 1.94 bits per heavy atom. The number of pyridine rings is 1. The van der Waals surface area contributed by atoms with Gasteiger partial charge in [0.2, 0.25) is 0 Å². The maximum absolute atomic E-state index is 12.7. The van der Waals surface area contributed by atoms with E-state index < -0.39 is 0 Å². The second-order valence-corrected chi connectivity index (χ2v) is 4.19. The Labute approximate surface area is 106 Å². The molecule has 1 aromatic carbocycles. The minimum atomic E-state index is -0.212. The van der Waals surface area contributed by atoms with Crippen LogP contribution in [0.15, 0.2) is 36.5 Å². The molecule has 0 amide bonds. The molecule has 0 saturated heterocycles. The highest BCUT2D eigenvalue weighted by atomic mass is 19.1. The van der Waals surface area contributed by atoms with Gasteiger partial charge < -0.3 is 11.1 Å². The van der Waals surface area contributed by atoms with Crippen molar-refractivity contribution in [2.45, 2.75) is 13.3 Å². The van der Waals surface area contributed by atoms with Crippen LogP contribution in [-0.4, -0.2) is 11.5 Å². The summed E-state index contributed by atoms with van der Waals surface area (Å²) in [6, 6.07) is 8.37. The van der Waals surface area contributed by atoms with Crippen molar-refractivity contribution in [2.75, 3.05) is 17.6 Å². The minimum Gasteiger partial charge on any atom is -0.396 e. The van der Waals surface area contributed by atoms with Gasteiger partial charge in [0.1, 0.15) is 11.6 Å². The summed E-state index contributed by atoms with van der Waals surface area (Å²) in [4.78, 5) is 4.19. The summed E-state index contributed by atoms with van der Waals surface area (Å²) < 4.78 is 12.7. The summed E-state index contributed by atoms with van der Waals surface area (Å²) in [6.07, 6.45) is 2.53. The predicted molar refractivity (Wildman–Crippen MR) is 72.0 cm³/mol. The number of anilines is 2. The van der Waals surface area contributed by atoms with Crippen LogP contribution in [0.3, 0.4) is 0 Å². The molecule has 3 nitrogen and oxygen atoms in total. The molecule has 0 saturated carbocycles. The largest absolute Gasteiger partial charge is 0.396 e. The van der Waals surface area contributed by atoms with Crippen molar-refractivity contribution >= 4 is 11.5 Å². The first kappa shape index (κ1) is 12.4. The van der Waals surface area contributed by atoms with E-state index in [1.54, 1.807) is 18.3 Å². The van der Waals surface area contributed by atoms with Gasteiger partial charge in [-0.25, -0.2) is 9.37 Å². The average Bonchev–Trinajstić information content (AvgIpc) is 2.37. The van der Waals surface area contributed by atoms with E-state index >= 15 is 0 Å². The number of halogens is 1. The Balaban J connectivity index is 1.92. The van der Waals surface area contributed by atoms with Gasteiger partial charge in [-0.1, -0.05) is 12.1 Å². The van der Waals surface area contributed by atoms with Crippen LogP contribution in [0.25, 0.3) is 0 Å². The maximum Gasteiger partial charge on any atom is 0.149 e. The molecule has 4 heteroatoms. The Hall–Kier alpha value is -2.10. The summed E-state index contributed by atoms with van der Waals surface area (Å²) >= 11 is 0. The highest BCUT2D eigenvalue weighted by Crippen LogP contribution is 2.18. The topological polar surface area (TPSA) is 50.9 Å². The van der Waals surface area contributed by atoms with E-state index in [0.29, 0.717) is 18.1 Å². The number of nitrogens with two attached hydrogens (primary N) is 1. The third-order valence-electron chi connectivity index (χ3n) is 2.83. The number of nitrogens with zero attached hydrogens (tertiary/aromatic N) is 1. The fraction of sp³-hybridized carbons (Fsp3) is 0.214. The molecular weight excluding hydrogens is 229 g/mol. The smallest absolute Gasteiger partial charge is 0.149 e. The second kappa shape index (κ2) is 5.49. The summed E-state index contributed by atoms with van der Waals surface area (Å²) in [5, 5.41) is 3.19. The van der Waals surface area contributed by atoms with Crippen LogP contribution in [0.4, 0.5) is 15.9 Å². The Morgan fingerprint density at radius 1 is 1.22 bits per heavy atom. The van der Waals surface area contributed by atoms with Gasteiger partial charge in [0.25, 0.3) is 0 Å². The van der Waals surface area contributed by atoms with Crippen LogP contribution in [0.1, 0.15) is 11.1 Å². The third kappa shape index (κ3) is 2.97. The number of hydrogen-bond donors (Lipinski definition) is 2. The Bertz CT molecular complexity index is 523. The predicted octanol–water partition coefficient (Wildman–Crippen LogP) is 2.77. The van der Waals surface area contributed by atoms with Crippen molar-refractivity contribution in [3.8, 4) is 0 Å². The van der Waals surface area contributed by atoms with Crippen LogP contribution < -0.4 is 11.1 Å². The number of hydrogen-bond acceptors (Lipinski definition) is 3. The van der Waals surface area contributed by atoms with Gasteiger partial charge in [-0.05, 0) is 42.7 Å². The van der Waals surface area contributed by atoms with Crippen LogP contribution in [0.2, 0.25) is 0 Å². The minimum absolute atomic E-state index is 0.212. The normalized spacial score (nSPS) is 10.3. The van der Waals surface area contributed by atoms with Gasteiger partial charge in [-0.15, -0.1) is 0 Å². The summed E-state index contributed by atoms with van der Waals surface area (Å²) in [7, 11) is 0. The lowest BCUT2D eigenvalue weighted by Crippen LogP contribution is -2.09. The van der Waals surface area contributed by atoms with Gasteiger partial charge in [0.15, 0.2) is 0 Å². The summed E-state index contributed by atoms with van der Waals surface area (Å²) in [5.74, 6) is 0.494. The first-order valence-corrected chi connectivity index (χ1v) is 5.86. The molecule has 0 aliphatic carbocycles. The van der Waals surface area contributed by atoms with E-state index in [4.69, 9.17) is 5.73 Å². The fourth-order valence-corrected chi connectivity index (χ4v) is 1.69. The zero-order valence-corrected chi connectivity index (χ0v) is 10.3. The molecule has 0 atom stereocenters. The number of aryl methyl sites for hydroxylation is 1. The third-order valence-corrected chi connectivity index (χ3v) is 2.83. The molecular formula is C14H16FN3. The summed E-state index contributed by atoms with van der Waals surface area (Å²) in [6.45, 7) is 2.66. The SMILES string of the molecule is Cc1ccnc(NCCc2ccc(F)cc2)c1N.